The van der Waals surface area contributed by atoms with Gasteiger partial charge in [-0.15, -0.1) is 5.92 Å². The number of rotatable bonds is 11. The summed E-state index contributed by atoms with van der Waals surface area (Å²) in [5.74, 6) is -0.254. The number of hydrogen-bond donors (Lipinski definition) is 14. The second kappa shape index (κ2) is 27.2. The first kappa shape index (κ1) is 67.5. The lowest BCUT2D eigenvalue weighted by Gasteiger charge is -2.66. The second-order valence-corrected chi connectivity index (χ2v) is 32.7. The Kier molecular flexibility index (Phi) is 20.0. The predicted octanol–water partition coefficient (Wildman–Crippen LogP) is 5.54. The molecule has 0 amide bonds. The predicted molar refractivity (Wildman–Crippen MR) is 351 cm³/mol. The number of aliphatic hydroxyl groups is 8. The summed E-state index contributed by atoms with van der Waals surface area (Å²) in [4.78, 5) is 53.9. The number of H-pyrrole nitrogens is 1. The number of fused-ring (bicyclic) bond motifs is 10. The molecule has 2 bridgehead atoms. The maximum atomic E-state index is 17.0. The van der Waals surface area contributed by atoms with Crippen molar-refractivity contribution < 1.29 is 65.1 Å². The number of nitrogens with two attached hydrogens (primary N) is 2. The van der Waals surface area contributed by atoms with E-state index in [0.717, 1.165) is 56.2 Å². The van der Waals surface area contributed by atoms with E-state index in [1.165, 1.54) is 27.2 Å². The quantitative estimate of drug-likeness (QED) is 0.0250. The first-order valence-electron chi connectivity index (χ1n) is 34.3. The molecule has 19 nitrogen and oxygen atoms in total. The molecule has 24 atom stereocenters. The van der Waals surface area contributed by atoms with Crippen LogP contribution in [-0.2, 0) is 19.1 Å². The maximum Gasteiger partial charge on any atom is 0.313 e. The summed E-state index contributed by atoms with van der Waals surface area (Å²) >= 11 is 0. The minimum Gasteiger partial charge on any atom is -0.508 e. The van der Waals surface area contributed by atoms with E-state index in [0.29, 0.717) is 42.9 Å². The minimum atomic E-state index is -2.12. The van der Waals surface area contributed by atoms with Crippen LogP contribution in [-0.4, -0.2) is 161 Å². The van der Waals surface area contributed by atoms with Gasteiger partial charge in [-0.25, -0.2) is 0 Å². The van der Waals surface area contributed by atoms with Crippen LogP contribution in [0.1, 0.15) is 146 Å². The van der Waals surface area contributed by atoms with Crippen LogP contribution in [0.5, 0.6) is 5.75 Å². The van der Waals surface area contributed by atoms with Crippen LogP contribution in [0.4, 0.5) is 0 Å². The van der Waals surface area contributed by atoms with Crippen LogP contribution in [0.3, 0.4) is 0 Å². The molecule has 504 valence electrons. The molecule has 21 heteroatoms. The molecule has 5 saturated carbocycles. The number of nitrogens with zero attached hydrogens (tertiary/aromatic N) is 1. The van der Waals surface area contributed by atoms with Crippen LogP contribution in [0.25, 0.3) is 0 Å². The third kappa shape index (κ3) is 12.0. The summed E-state index contributed by atoms with van der Waals surface area (Å²) in [5, 5.41) is 120. The van der Waals surface area contributed by atoms with Gasteiger partial charge in [0.2, 0.25) is 0 Å². The zero-order valence-corrected chi connectivity index (χ0v) is 55.2. The molecule has 2 saturated heterocycles. The third-order valence-electron chi connectivity index (χ3n) is 25.5. The van der Waals surface area contributed by atoms with Gasteiger partial charge in [0.1, 0.15) is 11.8 Å². The van der Waals surface area contributed by atoms with Gasteiger partial charge in [-0.3, -0.25) is 19.4 Å². The topological polar surface area (TPSA) is 347 Å². The lowest BCUT2D eigenvalue weighted by molar-refractivity contribution is -0.209. The Hall–Kier alpha value is -4.44. The summed E-state index contributed by atoms with van der Waals surface area (Å²) in [6.07, 6.45) is 7.05. The maximum absolute atomic E-state index is 17.0. The van der Waals surface area contributed by atoms with Crippen molar-refractivity contribution in [1.29, 1.82) is 0 Å². The van der Waals surface area contributed by atoms with Gasteiger partial charge >= 0.3 is 5.97 Å². The summed E-state index contributed by atoms with van der Waals surface area (Å²) in [6.45, 7) is 3.91. The molecular weight excluding hydrogens is 1210 g/mol. The van der Waals surface area contributed by atoms with Crippen LogP contribution < -0.4 is 22.1 Å². The molecule has 8 aliphatic carbocycles. The van der Waals surface area contributed by atoms with Crippen molar-refractivity contribution in [3.05, 3.63) is 76.8 Å². The molecule has 2 aliphatic heterocycles. The fraction of sp³-hybridized carbons (Fsp3) is 0.718. The number of guanidine groups is 1. The number of carbonyl (C=O) groups is 3. The number of carbonyl (C=O) groups excluding carboxylic acids is 3. The van der Waals surface area contributed by atoms with E-state index in [2.05, 4.69) is 45.5 Å². The number of ketones is 2. The number of ether oxygens (including phenoxy) is 1. The number of allylic oxidation sites excluding steroid dienone is 3. The molecule has 2 aromatic rings. The third-order valence-corrected chi connectivity index (χ3v) is 28.0. The molecule has 1 aromatic carbocycles. The molecule has 92 heavy (non-hydrogen) atoms. The van der Waals surface area contributed by atoms with Crippen molar-refractivity contribution in [3.63, 3.8) is 0 Å². The van der Waals surface area contributed by atoms with Gasteiger partial charge in [-0.05, 0) is 198 Å². The van der Waals surface area contributed by atoms with Crippen LogP contribution >= 0.6 is 21.6 Å². The summed E-state index contributed by atoms with van der Waals surface area (Å²) in [7, 11) is 4.93. The van der Waals surface area contributed by atoms with Crippen molar-refractivity contribution in [2.24, 2.45) is 110 Å². The molecule has 10 aliphatic rings. The average molecular weight is 1310 g/mol. The Balaban J connectivity index is 1.07. The zero-order chi connectivity index (χ0) is 65.2. The number of hydrogen-bond acceptors (Lipinski definition) is 18. The van der Waals surface area contributed by atoms with Gasteiger partial charge in [-0.2, -0.15) is 0 Å². The number of Topliss-reactive ketones (excluding diaryl/α,β-unsaturated/α-hetero) is 2. The highest BCUT2D eigenvalue weighted by Gasteiger charge is 2.76. The van der Waals surface area contributed by atoms with E-state index >= 15 is 14.7 Å². The summed E-state index contributed by atoms with van der Waals surface area (Å²) < 4.78 is 5.97. The highest BCUT2D eigenvalue weighted by molar-refractivity contribution is 8.76. The fourth-order valence-electron chi connectivity index (χ4n) is 21.5. The number of nitrogens with one attached hydrogen (secondary N) is 3. The molecule has 0 unspecified atom stereocenters. The number of cyclic esters (lactones) is 1. The van der Waals surface area contributed by atoms with Crippen LogP contribution in [0, 0.1) is 106 Å². The van der Waals surface area contributed by atoms with Crippen molar-refractivity contribution in [2.75, 3.05) is 44.9 Å². The lowest BCUT2D eigenvalue weighted by atomic mass is 9.39. The highest BCUT2D eigenvalue weighted by atomic mass is 33.1. The van der Waals surface area contributed by atoms with Gasteiger partial charge in [0.05, 0.1) is 54.3 Å². The molecule has 0 radical (unpaired) electrons. The number of aromatic nitrogens is 1. The summed E-state index contributed by atoms with van der Waals surface area (Å²) in [6, 6.07) is 7.21. The fourth-order valence-corrected chi connectivity index (χ4v) is 24.3. The summed E-state index contributed by atoms with van der Waals surface area (Å²) in [5.41, 5.74) is 8.75. The van der Waals surface area contributed by atoms with Crippen LogP contribution in [0.15, 0.2) is 70.6 Å². The molecular formula is C71H100N6O13S2. The first-order chi connectivity index (χ1) is 44.1. The van der Waals surface area contributed by atoms with E-state index in [1.54, 1.807) is 37.4 Å². The van der Waals surface area contributed by atoms with Gasteiger partial charge in [0, 0.05) is 90.1 Å². The van der Waals surface area contributed by atoms with Crippen molar-refractivity contribution in [3.8, 4) is 17.6 Å². The molecule has 7 fully saturated rings. The van der Waals surface area contributed by atoms with E-state index < -0.39 is 130 Å². The number of aromatic amines is 1. The number of benzene rings is 1. The number of phenolic OH excluding ortho intramolecular Hbond substituents is 1. The Morgan fingerprint density at radius 3 is 2.45 bits per heavy atom. The van der Waals surface area contributed by atoms with Gasteiger partial charge < -0.3 is 77.8 Å². The number of aromatic hydroxyl groups is 1. The zero-order valence-electron chi connectivity index (χ0n) is 53.6. The monoisotopic (exact) mass is 1310 g/mol. The number of phenols is 1. The minimum absolute atomic E-state index is 0.0243. The average Bonchev–Trinajstić information content (AvgIpc) is 1.31. The van der Waals surface area contributed by atoms with E-state index in [9.17, 15) is 45.6 Å². The molecule has 16 N–H and O–H groups in total. The van der Waals surface area contributed by atoms with Gasteiger partial charge in [-0.1, -0.05) is 64.6 Å². The van der Waals surface area contributed by atoms with Crippen LogP contribution in [0.2, 0.25) is 0 Å². The van der Waals surface area contributed by atoms with E-state index in [-0.39, 0.29) is 117 Å². The largest absolute Gasteiger partial charge is 0.508 e. The molecule has 0 spiro atoms. The smallest absolute Gasteiger partial charge is 0.313 e. The molecule has 1 aromatic heterocycles. The van der Waals surface area contributed by atoms with Crippen molar-refractivity contribution in [2.45, 2.75) is 177 Å². The van der Waals surface area contributed by atoms with E-state index in [4.69, 9.17) is 16.2 Å². The highest BCUT2D eigenvalue weighted by Crippen LogP contribution is 2.75. The Bertz CT molecular complexity index is 3160. The van der Waals surface area contributed by atoms with E-state index in [1.807, 2.05) is 19.3 Å². The Morgan fingerprint density at radius 1 is 0.935 bits per heavy atom. The molecule has 3 heterocycles. The standard InChI is InChI=1S/C71H100N6O13S2/c1-37-10-11-40-14-17-47-49(48(40)24-37)26-41(51-34-90-66(87)58(51)43-19-22-75-32-43)7-5-8-42-29-71(89)60-53(18-20-69(71,21-23-76-67(72)73)64(42)68(2,88)57(82)28-50(47)65(85)86)70(45-9-4-6-38(25-45)31-74-3)30-56(81)62(83)52-36-92-91-35-44(39-12-15-46(79)16-13-39)27-55(80)54(33-78)77-61(60)63(84)59(52)70/h12-16,19,22,32,37-38,41-42,44-45,47-54,56-59,62,64-65,74-75,77-79,81-83,85-86,88-89H,4,6,8-11,17-18,20-21,23-31,33-36H2,1-3H3,(H4,72,73,76)/t37-,38-,41-,42+,44-,45+,47-,48+,49-,50-,51+,52+,53+,54+,56+,57-,58+,59+,62-,64-,68+,69+,70+,71-/m1/s1. The van der Waals surface area contributed by atoms with Gasteiger partial charge in [0.25, 0.3) is 0 Å². The Morgan fingerprint density at radius 2 is 1.72 bits per heavy atom. The van der Waals surface area contributed by atoms with Crippen molar-refractivity contribution in [1.82, 2.24) is 15.6 Å². The number of aliphatic imine (C=N–C) groups is 1. The van der Waals surface area contributed by atoms with Gasteiger partial charge in [0.15, 0.2) is 23.8 Å². The van der Waals surface area contributed by atoms with Crippen molar-refractivity contribution >= 4 is 45.1 Å². The number of esters is 1. The lowest BCUT2D eigenvalue weighted by Crippen LogP contribution is -2.69. The Labute approximate surface area is 549 Å². The SMILES string of the molecule is CNC[C@@H]1CCC[C@H]([C@@]23C[C@H](O)[C@H](O)[C@H]4CSSC[C@H](c5ccc(O)cc5)CC(=O)[C@H](CO)NC(=C5[C@@H]2CC[C@]2(CCN=C(N)N)[C@@H]6[C@@H](CC#C[C@@H]([C@@H]7COC(=O)[C@H]7c7cc[nH]c7)C[C@@H]7[C@@H](CC=C8CC[C@@H](C)C[C@@H]87)[C@H](C(O)O)C[C@@H](O)[C@]6(C)O)C[C@@]52O)C(=O)[C@H]43)C1. The first-order valence-corrected chi connectivity index (χ1v) is 36.8. The molecule has 12 rings (SSSR count). The second-order valence-electron chi connectivity index (χ2n) is 30.1. The normalized spacial score (nSPS) is 43.3. The number of aliphatic hydroxyl groups excluding tert-OH is 5.